The zero-order valence-electron chi connectivity index (χ0n) is 12.4. The van der Waals surface area contributed by atoms with Crippen molar-refractivity contribution in [3.05, 3.63) is 0 Å². The molecule has 8 nitrogen and oxygen atoms in total. The second-order valence-corrected chi connectivity index (χ2v) is 4.46. The monoisotopic (exact) mass is 291 g/mol. The Morgan fingerprint density at radius 2 is 1.85 bits per heavy atom. The second kappa shape index (κ2) is 11.4. The average Bonchev–Trinajstić information content (AvgIpc) is 2.37. The van der Waals surface area contributed by atoms with E-state index in [-0.39, 0.29) is 13.1 Å². The van der Waals surface area contributed by atoms with Gasteiger partial charge in [-0.05, 0) is 14.1 Å². The third kappa shape index (κ3) is 10.5. The van der Waals surface area contributed by atoms with Gasteiger partial charge in [0.2, 0.25) is 0 Å². The summed E-state index contributed by atoms with van der Waals surface area (Å²) in [5.41, 5.74) is 0. The maximum atomic E-state index is 11.8. The van der Waals surface area contributed by atoms with Crippen LogP contribution in [0.3, 0.4) is 0 Å². The van der Waals surface area contributed by atoms with Crippen LogP contribution in [0, 0.1) is 0 Å². The van der Waals surface area contributed by atoms with Crippen LogP contribution in [0.4, 0.5) is 4.79 Å². The lowest BCUT2D eigenvalue weighted by Gasteiger charge is -2.20. The van der Waals surface area contributed by atoms with Gasteiger partial charge in [0, 0.05) is 26.7 Å². The van der Waals surface area contributed by atoms with E-state index in [0.717, 1.165) is 6.54 Å². The van der Waals surface area contributed by atoms with Crippen molar-refractivity contribution in [2.24, 2.45) is 0 Å². The largest absolute Gasteiger partial charge is 0.480 e. The Labute approximate surface area is 119 Å². The molecule has 20 heavy (non-hydrogen) atoms. The van der Waals surface area contributed by atoms with Crippen LogP contribution in [-0.4, -0.2) is 94.1 Å². The Balaban J connectivity index is 3.85. The van der Waals surface area contributed by atoms with Gasteiger partial charge >= 0.3 is 12.0 Å². The van der Waals surface area contributed by atoms with Gasteiger partial charge in [0.1, 0.15) is 6.54 Å². The van der Waals surface area contributed by atoms with Crippen LogP contribution in [0.15, 0.2) is 0 Å². The molecule has 0 unspecified atom stereocenters. The molecule has 0 aliphatic carbocycles. The first-order valence-corrected chi connectivity index (χ1v) is 6.43. The number of nitrogens with one attached hydrogen (secondary N) is 1. The van der Waals surface area contributed by atoms with E-state index in [2.05, 4.69) is 5.32 Å². The maximum absolute atomic E-state index is 11.8. The summed E-state index contributed by atoms with van der Waals surface area (Å²) in [4.78, 5) is 25.6. The Kier molecular flexibility index (Phi) is 10.7. The van der Waals surface area contributed by atoms with Gasteiger partial charge in [-0.25, -0.2) is 4.79 Å². The molecule has 2 N–H and O–H groups in total. The van der Waals surface area contributed by atoms with Crippen LogP contribution in [0.5, 0.6) is 0 Å². The van der Waals surface area contributed by atoms with E-state index < -0.39 is 12.0 Å². The molecular weight excluding hydrogens is 266 g/mol. The van der Waals surface area contributed by atoms with Gasteiger partial charge in [-0.3, -0.25) is 4.79 Å². The molecule has 0 spiro atoms. The molecule has 0 atom stereocenters. The van der Waals surface area contributed by atoms with Crippen LogP contribution in [0.2, 0.25) is 0 Å². The number of urea groups is 1. The summed E-state index contributed by atoms with van der Waals surface area (Å²) in [6.07, 6.45) is 0. The average molecular weight is 291 g/mol. The van der Waals surface area contributed by atoms with Crippen molar-refractivity contribution in [3.63, 3.8) is 0 Å². The van der Waals surface area contributed by atoms with E-state index in [9.17, 15) is 9.59 Å². The molecule has 0 bridgehead atoms. The lowest BCUT2D eigenvalue weighted by atomic mass is 10.5. The zero-order chi connectivity index (χ0) is 15.4. The SMILES string of the molecule is COCCN(CC(=O)O)C(=O)NCCOCCN(C)C. The van der Waals surface area contributed by atoms with Crippen LogP contribution in [0.25, 0.3) is 0 Å². The van der Waals surface area contributed by atoms with Crippen LogP contribution in [0.1, 0.15) is 0 Å². The number of ether oxygens (including phenoxy) is 2. The zero-order valence-corrected chi connectivity index (χ0v) is 12.4. The molecule has 0 aliphatic heterocycles. The Bertz CT molecular complexity index is 286. The first-order valence-electron chi connectivity index (χ1n) is 6.43. The standard InChI is InChI=1S/C12H25N3O5/c1-14(2)5-9-20-7-4-13-12(18)15(6-8-19-3)10-11(16)17/h4-10H2,1-3H3,(H,13,18)(H,16,17). The normalized spacial score (nSPS) is 10.6. The van der Waals surface area contributed by atoms with Crippen LogP contribution in [-0.2, 0) is 14.3 Å². The Hall–Kier alpha value is -1.38. The number of hydrogen-bond donors (Lipinski definition) is 2. The predicted octanol–water partition coefficient (Wildman–Crippen LogP) is -0.693. The van der Waals surface area contributed by atoms with E-state index in [1.165, 1.54) is 12.0 Å². The molecule has 8 heteroatoms. The van der Waals surface area contributed by atoms with Gasteiger partial charge in [0.25, 0.3) is 0 Å². The highest BCUT2D eigenvalue weighted by Gasteiger charge is 2.15. The number of methoxy groups -OCH3 is 1. The third-order valence-electron chi connectivity index (χ3n) is 2.38. The molecule has 0 aromatic rings. The number of amides is 2. The smallest absolute Gasteiger partial charge is 0.323 e. The minimum absolute atomic E-state index is 0.232. The molecule has 0 saturated carbocycles. The number of carbonyl (C=O) groups excluding carboxylic acids is 1. The highest BCUT2D eigenvalue weighted by molar-refractivity contribution is 5.80. The number of carboxylic acid groups (broad SMARTS) is 1. The summed E-state index contributed by atoms with van der Waals surface area (Å²) >= 11 is 0. The molecule has 0 rings (SSSR count). The highest BCUT2D eigenvalue weighted by Crippen LogP contribution is 1.90. The molecule has 0 aromatic carbocycles. The molecule has 0 aromatic heterocycles. The molecule has 0 aliphatic rings. The quantitative estimate of drug-likeness (QED) is 0.490. The van der Waals surface area contributed by atoms with Crippen LogP contribution < -0.4 is 5.32 Å². The molecule has 0 fully saturated rings. The van der Waals surface area contributed by atoms with Gasteiger partial charge in [-0.2, -0.15) is 0 Å². The fraction of sp³-hybridized carbons (Fsp3) is 0.833. The number of likely N-dealkylation sites (N-methyl/N-ethyl adjacent to an activating group) is 1. The highest BCUT2D eigenvalue weighted by atomic mass is 16.5. The second-order valence-electron chi connectivity index (χ2n) is 4.46. The summed E-state index contributed by atoms with van der Waals surface area (Å²) in [6, 6.07) is -0.430. The predicted molar refractivity (Wildman–Crippen MR) is 73.9 cm³/mol. The van der Waals surface area contributed by atoms with Crippen molar-refractivity contribution >= 4 is 12.0 Å². The lowest BCUT2D eigenvalue weighted by Crippen LogP contribution is -2.45. The number of carbonyl (C=O) groups is 2. The first kappa shape index (κ1) is 18.6. The maximum Gasteiger partial charge on any atom is 0.323 e. The van der Waals surface area contributed by atoms with Gasteiger partial charge in [-0.1, -0.05) is 0 Å². The molecule has 2 amide bonds. The molecule has 0 saturated heterocycles. The summed E-state index contributed by atoms with van der Waals surface area (Å²) in [7, 11) is 5.39. The van der Waals surface area contributed by atoms with Crippen molar-refractivity contribution < 1.29 is 24.2 Å². The summed E-state index contributed by atoms with van der Waals surface area (Å²) in [5, 5.41) is 11.3. The summed E-state index contributed by atoms with van der Waals surface area (Å²) in [5.74, 6) is -1.06. The van der Waals surface area contributed by atoms with Gasteiger partial charge < -0.3 is 29.7 Å². The minimum atomic E-state index is -1.06. The molecular formula is C12H25N3O5. The summed E-state index contributed by atoms with van der Waals surface area (Å²) < 4.78 is 10.2. The van der Waals surface area contributed by atoms with Gasteiger partial charge in [-0.15, -0.1) is 0 Å². The number of nitrogens with zero attached hydrogens (tertiary/aromatic N) is 2. The molecule has 0 heterocycles. The topological polar surface area (TPSA) is 91.3 Å². The van der Waals surface area contributed by atoms with Crippen molar-refractivity contribution in [1.29, 1.82) is 0 Å². The fourth-order valence-corrected chi connectivity index (χ4v) is 1.31. The first-order chi connectivity index (χ1) is 9.47. The van der Waals surface area contributed by atoms with E-state index in [4.69, 9.17) is 14.6 Å². The van der Waals surface area contributed by atoms with E-state index >= 15 is 0 Å². The third-order valence-corrected chi connectivity index (χ3v) is 2.38. The number of aliphatic carboxylic acids is 1. The number of hydrogen-bond acceptors (Lipinski definition) is 5. The molecule has 0 radical (unpaired) electrons. The van der Waals surface area contributed by atoms with E-state index in [1.807, 2.05) is 19.0 Å². The minimum Gasteiger partial charge on any atom is -0.480 e. The van der Waals surface area contributed by atoms with E-state index in [1.54, 1.807) is 0 Å². The van der Waals surface area contributed by atoms with Crippen molar-refractivity contribution in [2.45, 2.75) is 0 Å². The lowest BCUT2D eigenvalue weighted by molar-refractivity contribution is -0.137. The van der Waals surface area contributed by atoms with Crippen molar-refractivity contribution in [1.82, 2.24) is 15.1 Å². The Morgan fingerprint density at radius 1 is 1.15 bits per heavy atom. The molecule has 118 valence electrons. The number of rotatable bonds is 11. The Morgan fingerprint density at radius 3 is 2.40 bits per heavy atom. The fourth-order valence-electron chi connectivity index (χ4n) is 1.31. The summed E-state index contributed by atoms with van der Waals surface area (Å²) in [6.45, 7) is 2.31. The van der Waals surface area contributed by atoms with Gasteiger partial charge in [0.05, 0.1) is 19.8 Å². The number of carboxylic acids is 1. The van der Waals surface area contributed by atoms with E-state index in [0.29, 0.717) is 26.4 Å². The van der Waals surface area contributed by atoms with Crippen LogP contribution >= 0.6 is 0 Å². The van der Waals surface area contributed by atoms with Gasteiger partial charge in [0.15, 0.2) is 0 Å². The van der Waals surface area contributed by atoms with Crippen molar-refractivity contribution in [3.8, 4) is 0 Å². The van der Waals surface area contributed by atoms with Crippen molar-refractivity contribution in [2.75, 3.05) is 67.2 Å².